The maximum absolute atomic E-state index is 13.1. The third-order valence-electron chi connectivity index (χ3n) is 8.24. The van der Waals surface area contributed by atoms with Crippen LogP contribution in [0.1, 0.15) is 30.0 Å². The Labute approximate surface area is 237 Å². The summed E-state index contributed by atoms with van der Waals surface area (Å²) in [5.41, 5.74) is 2.20. The van der Waals surface area contributed by atoms with Gasteiger partial charge in [0.15, 0.2) is 12.2 Å². The van der Waals surface area contributed by atoms with Gasteiger partial charge in [-0.1, -0.05) is 55.5 Å². The molecule has 0 saturated carbocycles. The average Bonchev–Trinajstić information content (AvgIpc) is 3.25. The Hall–Kier alpha value is -4.47. The molecule has 3 N–H and O–H groups in total. The fraction of sp³-hybridized carbons (Fsp3) is 0.281. The third-order valence-corrected chi connectivity index (χ3v) is 8.24. The van der Waals surface area contributed by atoms with Crippen molar-refractivity contribution in [3.63, 3.8) is 0 Å². The lowest BCUT2D eigenvalue weighted by Gasteiger charge is -2.36. The van der Waals surface area contributed by atoms with E-state index in [0.29, 0.717) is 41.3 Å². The van der Waals surface area contributed by atoms with Crippen LogP contribution in [0, 0.1) is 5.92 Å². The van der Waals surface area contributed by atoms with Gasteiger partial charge in [-0.15, -0.1) is 0 Å². The molecule has 3 aliphatic rings. The van der Waals surface area contributed by atoms with Gasteiger partial charge in [0.05, 0.1) is 18.3 Å². The van der Waals surface area contributed by atoms with Crippen molar-refractivity contribution in [2.75, 3.05) is 23.4 Å². The molecule has 9 heteroatoms. The number of nitrogens with one attached hydrogen (secondary N) is 1. The second-order valence-electron chi connectivity index (χ2n) is 10.7. The first-order valence-corrected chi connectivity index (χ1v) is 13.7. The summed E-state index contributed by atoms with van der Waals surface area (Å²) >= 11 is 0. The van der Waals surface area contributed by atoms with Gasteiger partial charge in [0, 0.05) is 35.8 Å². The number of benzene rings is 3. The molecule has 0 aliphatic carbocycles. The molecule has 0 aromatic heterocycles. The lowest BCUT2D eigenvalue weighted by molar-refractivity contribution is -0.137. The number of ether oxygens (including phenoxy) is 1. The summed E-state index contributed by atoms with van der Waals surface area (Å²) in [7, 11) is 0. The second-order valence-corrected chi connectivity index (χ2v) is 10.7. The van der Waals surface area contributed by atoms with Crippen LogP contribution in [0.15, 0.2) is 78.9 Å². The standard InChI is InChI=1S/C32H31N3O6/c1-20(7-6-12-29(37)34-17-22-9-3-2-8-21(22)15-24(34)18-36)32(40)25-16-23(13-14-26(25)33-31(32)39)35-27-10-4-5-11-28(27)41-19-30(35)38/h2-11,13-14,16,20,24,36,40H,12,15,17-19H2,1H3,(H,33,39)/b7-6+/t20-,24+,32+/m1/s1. The first kappa shape index (κ1) is 26.7. The summed E-state index contributed by atoms with van der Waals surface area (Å²) in [6.45, 7) is 1.89. The maximum atomic E-state index is 13.1. The van der Waals surface area contributed by atoms with Crippen molar-refractivity contribution in [1.82, 2.24) is 4.90 Å². The molecule has 3 amide bonds. The van der Waals surface area contributed by atoms with E-state index in [0.717, 1.165) is 11.1 Å². The van der Waals surface area contributed by atoms with Crippen LogP contribution < -0.4 is 15.0 Å². The Bertz CT molecular complexity index is 1570. The first-order valence-electron chi connectivity index (χ1n) is 13.7. The van der Waals surface area contributed by atoms with E-state index in [2.05, 4.69) is 5.32 Å². The third kappa shape index (κ3) is 4.57. The zero-order chi connectivity index (χ0) is 28.7. The Balaban J connectivity index is 1.22. The van der Waals surface area contributed by atoms with Crippen molar-refractivity contribution in [3.05, 3.63) is 95.6 Å². The number of amides is 3. The minimum absolute atomic E-state index is 0.0622. The molecule has 0 spiro atoms. The van der Waals surface area contributed by atoms with Crippen LogP contribution in [0.5, 0.6) is 5.75 Å². The number of carbonyl (C=O) groups excluding carboxylic acids is 3. The van der Waals surface area contributed by atoms with Gasteiger partial charge < -0.3 is 25.2 Å². The molecular weight excluding hydrogens is 522 g/mol. The zero-order valence-corrected chi connectivity index (χ0v) is 22.6. The van der Waals surface area contributed by atoms with Crippen molar-refractivity contribution < 1.29 is 29.3 Å². The SMILES string of the molecule is C[C@H](/C=C/CC(=O)N1Cc2ccccc2C[C@H]1CO)[C@@]1(O)C(=O)Nc2ccc(N3C(=O)COc4ccccc43)cc21. The Morgan fingerprint density at radius 1 is 1.12 bits per heavy atom. The number of para-hydroxylation sites is 2. The topological polar surface area (TPSA) is 119 Å². The van der Waals surface area contributed by atoms with E-state index >= 15 is 0 Å². The molecule has 0 fully saturated rings. The van der Waals surface area contributed by atoms with E-state index in [4.69, 9.17) is 4.74 Å². The lowest BCUT2D eigenvalue weighted by Crippen LogP contribution is -2.46. The molecule has 9 nitrogen and oxygen atoms in total. The Morgan fingerprint density at radius 2 is 1.88 bits per heavy atom. The van der Waals surface area contributed by atoms with Gasteiger partial charge in [-0.3, -0.25) is 19.3 Å². The highest BCUT2D eigenvalue weighted by Crippen LogP contribution is 2.45. The van der Waals surface area contributed by atoms with Gasteiger partial charge in [-0.25, -0.2) is 0 Å². The van der Waals surface area contributed by atoms with Gasteiger partial charge in [0.2, 0.25) is 5.91 Å². The van der Waals surface area contributed by atoms with E-state index in [1.165, 1.54) is 4.90 Å². The van der Waals surface area contributed by atoms with E-state index in [1.54, 1.807) is 54.3 Å². The Morgan fingerprint density at radius 3 is 2.68 bits per heavy atom. The van der Waals surface area contributed by atoms with Crippen molar-refractivity contribution in [2.45, 2.75) is 38.0 Å². The Kier molecular flexibility index (Phi) is 6.84. The van der Waals surface area contributed by atoms with E-state index < -0.39 is 17.4 Å². The molecular formula is C32H31N3O6. The highest BCUT2D eigenvalue weighted by Gasteiger charge is 2.49. The van der Waals surface area contributed by atoms with E-state index in [-0.39, 0.29) is 37.5 Å². The molecule has 3 atom stereocenters. The molecule has 3 heterocycles. The number of aliphatic hydroxyl groups is 2. The van der Waals surface area contributed by atoms with Crippen molar-refractivity contribution >= 4 is 34.8 Å². The molecule has 3 aliphatic heterocycles. The number of rotatable bonds is 6. The van der Waals surface area contributed by atoms with Crippen LogP contribution in [0.2, 0.25) is 0 Å². The number of hydrogen-bond acceptors (Lipinski definition) is 6. The van der Waals surface area contributed by atoms with Crippen molar-refractivity contribution in [1.29, 1.82) is 0 Å². The molecule has 0 saturated heterocycles. The predicted molar refractivity (Wildman–Crippen MR) is 153 cm³/mol. The largest absolute Gasteiger partial charge is 0.482 e. The molecule has 3 aromatic carbocycles. The van der Waals surface area contributed by atoms with Gasteiger partial charge in [0.25, 0.3) is 11.8 Å². The fourth-order valence-electron chi connectivity index (χ4n) is 5.95. The van der Waals surface area contributed by atoms with Crippen molar-refractivity contribution in [2.24, 2.45) is 5.92 Å². The summed E-state index contributed by atoms with van der Waals surface area (Å²) in [6.07, 6.45) is 3.98. The van der Waals surface area contributed by atoms with Crippen LogP contribution in [0.4, 0.5) is 17.1 Å². The van der Waals surface area contributed by atoms with Crippen molar-refractivity contribution in [3.8, 4) is 5.75 Å². The number of fused-ring (bicyclic) bond motifs is 3. The van der Waals surface area contributed by atoms with Crippen LogP contribution >= 0.6 is 0 Å². The molecule has 3 aromatic rings. The summed E-state index contributed by atoms with van der Waals surface area (Å²) in [5.74, 6) is -1.10. The van der Waals surface area contributed by atoms with Crippen LogP contribution in [0.3, 0.4) is 0 Å². The molecule has 6 rings (SSSR count). The first-order chi connectivity index (χ1) is 19.8. The van der Waals surface area contributed by atoms with Gasteiger partial charge >= 0.3 is 0 Å². The van der Waals surface area contributed by atoms with E-state index in [1.807, 2.05) is 36.4 Å². The molecule has 41 heavy (non-hydrogen) atoms. The van der Waals surface area contributed by atoms with Gasteiger partial charge in [-0.2, -0.15) is 0 Å². The molecule has 0 unspecified atom stereocenters. The highest BCUT2D eigenvalue weighted by atomic mass is 16.5. The number of hydrogen-bond donors (Lipinski definition) is 3. The minimum atomic E-state index is -1.91. The monoisotopic (exact) mass is 553 g/mol. The summed E-state index contributed by atoms with van der Waals surface area (Å²) in [6, 6.07) is 19.8. The number of aliphatic hydroxyl groups excluding tert-OH is 1. The van der Waals surface area contributed by atoms with Crippen LogP contribution in [-0.2, 0) is 33.0 Å². The quantitative estimate of drug-likeness (QED) is 0.403. The minimum Gasteiger partial charge on any atom is -0.482 e. The predicted octanol–water partition coefficient (Wildman–Crippen LogP) is 3.41. The smallest absolute Gasteiger partial charge is 0.269 e. The molecule has 210 valence electrons. The molecule has 0 radical (unpaired) electrons. The summed E-state index contributed by atoms with van der Waals surface area (Å²) in [5, 5.41) is 24.4. The zero-order valence-electron chi connectivity index (χ0n) is 22.6. The number of nitrogens with zero attached hydrogens (tertiary/aromatic N) is 2. The summed E-state index contributed by atoms with van der Waals surface area (Å²) in [4.78, 5) is 42.3. The average molecular weight is 554 g/mol. The fourth-order valence-corrected chi connectivity index (χ4v) is 5.95. The number of carbonyl (C=O) groups is 3. The summed E-state index contributed by atoms with van der Waals surface area (Å²) < 4.78 is 5.55. The normalized spacial score (nSPS) is 22.1. The van der Waals surface area contributed by atoms with Gasteiger partial charge in [0.1, 0.15) is 5.75 Å². The van der Waals surface area contributed by atoms with E-state index in [9.17, 15) is 24.6 Å². The number of anilines is 3. The van der Waals surface area contributed by atoms with Crippen LogP contribution in [-0.4, -0.2) is 52.1 Å². The van der Waals surface area contributed by atoms with Gasteiger partial charge in [-0.05, 0) is 47.9 Å². The maximum Gasteiger partial charge on any atom is 0.269 e. The second kappa shape index (κ2) is 10.5. The highest BCUT2D eigenvalue weighted by molar-refractivity contribution is 6.08. The lowest BCUT2D eigenvalue weighted by atomic mass is 9.82. The van der Waals surface area contributed by atoms with Crippen LogP contribution in [0.25, 0.3) is 0 Å². The molecule has 0 bridgehead atoms.